The molecule has 1 aromatic heterocycles. The van der Waals surface area contributed by atoms with Gasteiger partial charge in [-0.2, -0.15) is 4.98 Å². The number of rotatable bonds is 3. The van der Waals surface area contributed by atoms with Gasteiger partial charge in [-0.15, -0.1) is 0 Å². The molecule has 39 heavy (non-hydrogen) atoms. The van der Waals surface area contributed by atoms with Crippen molar-refractivity contribution in [3.05, 3.63) is 101 Å². The third-order valence-electron chi connectivity index (χ3n) is 7.96. The molecule has 0 saturated carbocycles. The van der Waals surface area contributed by atoms with Crippen LogP contribution >= 0.6 is 0 Å². The maximum Gasteiger partial charge on any atom is 0.264 e. The summed E-state index contributed by atoms with van der Waals surface area (Å²) < 4.78 is 36.6. The Morgan fingerprint density at radius 3 is 2.46 bits per heavy atom. The molecular weight excluding hydrogens is 506 g/mol. The van der Waals surface area contributed by atoms with Gasteiger partial charge in [0.15, 0.2) is 0 Å². The molecule has 0 radical (unpaired) electrons. The van der Waals surface area contributed by atoms with Gasteiger partial charge in [0.05, 0.1) is 10.6 Å². The van der Waals surface area contributed by atoms with Crippen molar-refractivity contribution in [2.75, 3.05) is 4.72 Å². The van der Waals surface area contributed by atoms with Gasteiger partial charge in [0, 0.05) is 17.5 Å². The molecule has 200 valence electrons. The number of hydrogen-bond acceptors (Lipinski definition) is 5. The lowest BCUT2D eigenvalue weighted by molar-refractivity contribution is 0.0854. The normalized spacial score (nSPS) is 21.1. The third-order valence-corrected chi connectivity index (χ3v) is 9.29. The highest BCUT2D eigenvalue weighted by Gasteiger charge is 2.40. The number of nitrogens with zero attached hydrogens (tertiary/aromatic N) is 2. The summed E-state index contributed by atoms with van der Waals surface area (Å²) in [5, 5.41) is 0. The Bertz CT molecular complexity index is 1650. The number of nitrogens with one attached hydrogen (secondary N) is 1. The first kappa shape index (κ1) is 25.6. The maximum atomic E-state index is 13.6. The quantitative estimate of drug-likeness (QED) is 0.303. The predicted octanol–water partition coefficient (Wildman–Crippen LogP) is 7.00. The first-order valence-corrected chi connectivity index (χ1v) is 15.0. The fraction of sp³-hybridized carbons (Fsp3) is 0.312. The van der Waals surface area contributed by atoms with E-state index in [-0.39, 0.29) is 28.8 Å². The molecule has 6 nitrogen and oxygen atoms in total. The van der Waals surface area contributed by atoms with Crippen molar-refractivity contribution in [3.8, 4) is 17.1 Å². The highest BCUT2D eigenvalue weighted by Crippen LogP contribution is 2.48. The Morgan fingerprint density at radius 1 is 0.949 bits per heavy atom. The van der Waals surface area contributed by atoms with Crippen LogP contribution < -0.4 is 9.46 Å². The first-order chi connectivity index (χ1) is 18.7. The average molecular weight is 540 g/mol. The van der Waals surface area contributed by atoms with E-state index in [1.165, 1.54) is 11.1 Å². The van der Waals surface area contributed by atoms with E-state index in [4.69, 9.17) is 4.74 Å². The van der Waals surface area contributed by atoms with Crippen LogP contribution in [0.3, 0.4) is 0 Å². The second kappa shape index (κ2) is 9.79. The Balaban J connectivity index is 1.62. The summed E-state index contributed by atoms with van der Waals surface area (Å²) in [5.74, 6) is 1.02. The van der Waals surface area contributed by atoms with Crippen LogP contribution in [0.2, 0.25) is 0 Å². The van der Waals surface area contributed by atoms with Crippen LogP contribution in [0.4, 0.5) is 5.95 Å². The number of benzene rings is 3. The summed E-state index contributed by atoms with van der Waals surface area (Å²) in [4.78, 5) is 9.48. The minimum absolute atomic E-state index is 0.00261. The number of sulfonamides is 1. The topological polar surface area (TPSA) is 81.2 Å². The van der Waals surface area contributed by atoms with Crippen molar-refractivity contribution < 1.29 is 13.2 Å². The van der Waals surface area contributed by atoms with E-state index >= 15 is 0 Å². The van der Waals surface area contributed by atoms with Crippen molar-refractivity contribution in [1.82, 2.24) is 9.97 Å². The lowest BCUT2D eigenvalue weighted by atomic mass is 9.68. The summed E-state index contributed by atoms with van der Waals surface area (Å²) in [6.45, 7) is 8.51. The average Bonchev–Trinajstić information content (AvgIpc) is 2.89. The summed E-state index contributed by atoms with van der Waals surface area (Å²) in [7, 11) is -3.92. The number of hydrogen-bond donors (Lipinski definition) is 1. The molecule has 1 aliphatic heterocycles. The van der Waals surface area contributed by atoms with Gasteiger partial charge in [-0.25, -0.2) is 18.1 Å². The van der Waals surface area contributed by atoms with Crippen LogP contribution in [-0.4, -0.2) is 18.4 Å². The standard InChI is InChI=1S/C32H33N3O3S/c1-19(2)15-27-26-17-23-11-5-6-14-25(23)31(27)38-29-18-28(30-20(3)9-7-10-21(30)4)33-32(34-29)35-39(36,37)24-13-8-12-22(26)16-24/h5-14,16,18-19,26-27,31H,15,17H2,1-4H3,(H,33,34,35)/t26?,27-,31+/m0/s1. The maximum absolute atomic E-state index is 13.6. The Hall–Kier alpha value is -3.71. The lowest BCUT2D eigenvalue weighted by Crippen LogP contribution is -2.33. The van der Waals surface area contributed by atoms with Crippen LogP contribution in [0.5, 0.6) is 5.88 Å². The molecule has 1 aliphatic carbocycles. The van der Waals surface area contributed by atoms with E-state index in [1.54, 1.807) is 6.07 Å². The summed E-state index contributed by atoms with van der Waals surface area (Å²) >= 11 is 0. The molecule has 4 aromatic rings. The smallest absolute Gasteiger partial charge is 0.264 e. The molecule has 1 unspecified atom stereocenters. The zero-order valence-corrected chi connectivity index (χ0v) is 23.5. The van der Waals surface area contributed by atoms with E-state index in [0.717, 1.165) is 35.1 Å². The Labute approximate surface area is 230 Å². The molecule has 0 fully saturated rings. The third kappa shape index (κ3) is 4.80. The largest absolute Gasteiger partial charge is 0.469 e. The molecule has 0 amide bonds. The van der Waals surface area contributed by atoms with E-state index in [9.17, 15) is 8.42 Å². The molecule has 0 saturated heterocycles. The highest BCUT2D eigenvalue weighted by atomic mass is 32.2. The predicted molar refractivity (Wildman–Crippen MR) is 153 cm³/mol. The van der Waals surface area contributed by atoms with Crippen LogP contribution in [-0.2, 0) is 16.4 Å². The number of fused-ring (bicyclic) bond motifs is 9. The van der Waals surface area contributed by atoms with E-state index < -0.39 is 10.0 Å². The number of anilines is 1. The van der Waals surface area contributed by atoms with Gasteiger partial charge >= 0.3 is 0 Å². The molecule has 7 heteroatoms. The SMILES string of the molecule is Cc1cccc(C)c1-c1cc2nc(n1)NS(=O)(=O)c1cccc(c1)C1Cc3ccccc3[C@@H](O2)[C@H]1CC(C)C. The minimum atomic E-state index is -3.92. The second-order valence-corrected chi connectivity index (χ2v) is 12.9. The van der Waals surface area contributed by atoms with Crippen molar-refractivity contribution in [3.63, 3.8) is 0 Å². The molecule has 2 aliphatic rings. The molecule has 6 rings (SSSR count). The number of aromatic nitrogens is 2. The van der Waals surface area contributed by atoms with Gasteiger partial charge in [0.25, 0.3) is 10.0 Å². The van der Waals surface area contributed by atoms with Crippen molar-refractivity contribution in [2.24, 2.45) is 11.8 Å². The van der Waals surface area contributed by atoms with Crippen molar-refractivity contribution >= 4 is 16.0 Å². The fourth-order valence-electron chi connectivity index (χ4n) is 6.27. The molecule has 1 N–H and O–H groups in total. The van der Waals surface area contributed by atoms with E-state index in [2.05, 4.69) is 52.8 Å². The summed E-state index contributed by atoms with van der Waals surface area (Å²) in [5.41, 5.74) is 7.06. The molecule has 6 bridgehead atoms. The second-order valence-electron chi connectivity index (χ2n) is 11.2. The Morgan fingerprint density at radius 2 is 1.69 bits per heavy atom. The van der Waals surface area contributed by atoms with Gasteiger partial charge in [-0.05, 0) is 78.5 Å². The molecule has 3 aromatic carbocycles. The summed E-state index contributed by atoms with van der Waals surface area (Å²) in [6.07, 6.45) is 1.52. The zero-order chi connectivity index (χ0) is 27.3. The zero-order valence-electron chi connectivity index (χ0n) is 22.7. The van der Waals surface area contributed by atoms with E-state index in [1.807, 2.05) is 56.3 Å². The molecular formula is C32H33N3O3S. The van der Waals surface area contributed by atoms with Gasteiger partial charge in [-0.3, -0.25) is 0 Å². The first-order valence-electron chi connectivity index (χ1n) is 13.5. The van der Waals surface area contributed by atoms with Crippen molar-refractivity contribution in [1.29, 1.82) is 0 Å². The van der Waals surface area contributed by atoms with Crippen LogP contribution in [0, 0.1) is 25.7 Å². The number of aryl methyl sites for hydroxylation is 2. The van der Waals surface area contributed by atoms with Crippen molar-refractivity contribution in [2.45, 2.75) is 57.5 Å². The summed E-state index contributed by atoms with van der Waals surface area (Å²) in [6, 6.07) is 23.7. The molecule has 0 spiro atoms. The van der Waals surface area contributed by atoms with Crippen LogP contribution in [0.15, 0.2) is 77.7 Å². The van der Waals surface area contributed by atoms with Gasteiger partial charge in [0.1, 0.15) is 6.10 Å². The Kier molecular flexibility index (Phi) is 6.42. The highest BCUT2D eigenvalue weighted by molar-refractivity contribution is 7.92. The lowest BCUT2D eigenvalue weighted by Gasteiger charge is -2.41. The van der Waals surface area contributed by atoms with Gasteiger partial charge in [-0.1, -0.05) is 68.4 Å². The van der Waals surface area contributed by atoms with Gasteiger partial charge < -0.3 is 4.74 Å². The fourth-order valence-corrected chi connectivity index (χ4v) is 7.27. The monoisotopic (exact) mass is 539 g/mol. The van der Waals surface area contributed by atoms with Gasteiger partial charge in [0.2, 0.25) is 11.8 Å². The molecule has 2 heterocycles. The van der Waals surface area contributed by atoms with Crippen LogP contribution in [0.25, 0.3) is 11.3 Å². The van der Waals surface area contributed by atoms with Crippen LogP contribution in [0.1, 0.15) is 60.1 Å². The number of ether oxygens (including phenoxy) is 1. The minimum Gasteiger partial charge on any atom is -0.469 e. The van der Waals surface area contributed by atoms with E-state index in [0.29, 0.717) is 17.5 Å². The molecule has 3 atom stereocenters.